The fourth-order valence-electron chi connectivity index (χ4n) is 2.14. The predicted octanol–water partition coefficient (Wildman–Crippen LogP) is 1.75. The fourth-order valence-corrected chi connectivity index (χ4v) is 2.14. The summed E-state index contributed by atoms with van der Waals surface area (Å²) in [6, 6.07) is 1.09. The molecular formula is C11H20N4. The van der Waals surface area contributed by atoms with Crippen molar-refractivity contribution in [3.05, 3.63) is 12.2 Å². The van der Waals surface area contributed by atoms with Gasteiger partial charge in [0.05, 0.1) is 6.54 Å². The minimum absolute atomic E-state index is 0.393. The van der Waals surface area contributed by atoms with E-state index in [0.717, 1.165) is 18.3 Å². The molecule has 1 aliphatic carbocycles. The molecule has 0 aliphatic heterocycles. The molecular weight excluding hydrogens is 188 g/mol. The molecule has 1 N–H and O–H groups in total. The quantitative estimate of drug-likeness (QED) is 0.819. The van der Waals surface area contributed by atoms with E-state index in [4.69, 9.17) is 0 Å². The minimum Gasteiger partial charge on any atom is -0.307 e. The Morgan fingerprint density at radius 2 is 2.27 bits per heavy atom. The van der Waals surface area contributed by atoms with Crippen LogP contribution in [0.25, 0.3) is 0 Å². The van der Waals surface area contributed by atoms with Gasteiger partial charge in [-0.25, -0.2) is 9.67 Å². The molecule has 0 saturated heterocycles. The van der Waals surface area contributed by atoms with Gasteiger partial charge in [-0.1, -0.05) is 6.92 Å². The summed E-state index contributed by atoms with van der Waals surface area (Å²) in [6.07, 6.45) is 4.24. The van der Waals surface area contributed by atoms with Crippen LogP contribution in [0, 0.1) is 5.92 Å². The molecule has 84 valence electrons. The average Bonchev–Trinajstić information content (AvgIpc) is 2.58. The van der Waals surface area contributed by atoms with Crippen molar-refractivity contribution in [2.45, 2.75) is 52.2 Å². The number of hydrogen-bond acceptors (Lipinski definition) is 3. The van der Waals surface area contributed by atoms with Gasteiger partial charge in [-0.15, -0.1) is 0 Å². The van der Waals surface area contributed by atoms with Crippen LogP contribution in [0.2, 0.25) is 0 Å². The van der Waals surface area contributed by atoms with E-state index in [-0.39, 0.29) is 0 Å². The third kappa shape index (κ3) is 2.37. The van der Waals surface area contributed by atoms with Crippen molar-refractivity contribution in [2.24, 2.45) is 5.92 Å². The Hall–Kier alpha value is -0.900. The summed E-state index contributed by atoms with van der Waals surface area (Å²) in [5.74, 6) is 1.94. The average molecular weight is 208 g/mol. The number of nitrogens with zero attached hydrogens (tertiary/aromatic N) is 3. The lowest BCUT2D eigenvalue weighted by Gasteiger charge is -2.33. The van der Waals surface area contributed by atoms with Crippen molar-refractivity contribution in [1.82, 2.24) is 20.1 Å². The molecule has 0 aromatic carbocycles. The molecule has 0 bridgehead atoms. The molecule has 0 atom stereocenters. The van der Waals surface area contributed by atoms with E-state index in [1.165, 1.54) is 12.8 Å². The Labute approximate surface area is 91.1 Å². The van der Waals surface area contributed by atoms with E-state index >= 15 is 0 Å². The van der Waals surface area contributed by atoms with Gasteiger partial charge in [0.1, 0.15) is 12.2 Å². The first-order valence-corrected chi connectivity index (χ1v) is 5.78. The highest BCUT2D eigenvalue weighted by Crippen LogP contribution is 2.26. The van der Waals surface area contributed by atoms with Crippen LogP contribution in [0.3, 0.4) is 0 Å². The number of nitrogens with one attached hydrogen (secondary N) is 1. The van der Waals surface area contributed by atoms with Crippen LogP contribution in [0.15, 0.2) is 6.33 Å². The molecule has 1 saturated carbocycles. The van der Waals surface area contributed by atoms with Crippen LogP contribution in [0.4, 0.5) is 0 Å². The fraction of sp³-hybridized carbons (Fsp3) is 0.818. The molecule has 2 rings (SSSR count). The molecule has 1 fully saturated rings. The van der Waals surface area contributed by atoms with Crippen LogP contribution in [0.5, 0.6) is 0 Å². The standard InChI is InChI=1S/C11H20N4/c1-8(2)15-11(13-7-14-15)6-12-10-4-9(3)5-10/h7-10,12H,4-6H2,1-3H3. The molecule has 0 amide bonds. The molecule has 4 heteroatoms. The van der Waals surface area contributed by atoms with Gasteiger partial charge in [0, 0.05) is 12.1 Å². The van der Waals surface area contributed by atoms with Gasteiger partial charge in [-0.3, -0.25) is 0 Å². The van der Waals surface area contributed by atoms with Crippen LogP contribution < -0.4 is 5.32 Å². The van der Waals surface area contributed by atoms with E-state index in [1.807, 2.05) is 4.68 Å². The molecule has 1 aromatic heterocycles. The third-order valence-electron chi connectivity index (χ3n) is 3.06. The van der Waals surface area contributed by atoms with Gasteiger partial charge in [-0.05, 0) is 32.6 Å². The summed E-state index contributed by atoms with van der Waals surface area (Å²) in [6.45, 7) is 7.40. The highest BCUT2D eigenvalue weighted by atomic mass is 15.4. The van der Waals surface area contributed by atoms with Crippen molar-refractivity contribution in [3.63, 3.8) is 0 Å². The predicted molar refractivity (Wildman–Crippen MR) is 59.4 cm³/mol. The lowest BCUT2D eigenvalue weighted by atomic mass is 9.82. The smallest absolute Gasteiger partial charge is 0.141 e. The van der Waals surface area contributed by atoms with Crippen molar-refractivity contribution in [2.75, 3.05) is 0 Å². The summed E-state index contributed by atoms with van der Waals surface area (Å²) < 4.78 is 1.98. The molecule has 1 heterocycles. The van der Waals surface area contributed by atoms with Crippen molar-refractivity contribution in [3.8, 4) is 0 Å². The normalized spacial score (nSPS) is 25.6. The summed E-state index contributed by atoms with van der Waals surface area (Å²) in [5.41, 5.74) is 0. The monoisotopic (exact) mass is 208 g/mol. The van der Waals surface area contributed by atoms with E-state index in [1.54, 1.807) is 6.33 Å². The molecule has 4 nitrogen and oxygen atoms in total. The summed E-state index contributed by atoms with van der Waals surface area (Å²) in [5, 5.41) is 7.74. The van der Waals surface area contributed by atoms with Gasteiger partial charge in [0.15, 0.2) is 0 Å². The Morgan fingerprint density at radius 1 is 1.53 bits per heavy atom. The Bertz CT molecular complexity index is 312. The van der Waals surface area contributed by atoms with Crippen LogP contribution in [-0.2, 0) is 6.54 Å². The highest BCUT2D eigenvalue weighted by Gasteiger charge is 2.24. The second-order valence-corrected chi connectivity index (χ2v) is 4.87. The number of aromatic nitrogens is 3. The van der Waals surface area contributed by atoms with Gasteiger partial charge >= 0.3 is 0 Å². The topological polar surface area (TPSA) is 42.7 Å². The summed E-state index contributed by atoms with van der Waals surface area (Å²) in [4.78, 5) is 4.28. The maximum Gasteiger partial charge on any atom is 0.141 e. The van der Waals surface area contributed by atoms with Gasteiger partial charge in [0.2, 0.25) is 0 Å². The third-order valence-corrected chi connectivity index (χ3v) is 3.06. The number of hydrogen-bond donors (Lipinski definition) is 1. The van der Waals surface area contributed by atoms with Crippen molar-refractivity contribution < 1.29 is 0 Å². The molecule has 1 aromatic rings. The molecule has 1 aliphatic rings. The Balaban J connectivity index is 1.85. The summed E-state index contributed by atoms with van der Waals surface area (Å²) >= 11 is 0. The lowest BCUT2D eigenvalue weighted by Crippen LogP contribution is -2.40. The first-order chi connectivity index (χ1) is 7.16. The van der Waals surface area contributed by atoms with E-state index in [2.05, 4.69) is 36.2 Å². The Morgan fingerprint density at radius 3 is 2.87 bits per heavy atom. The second kappa shape index (κ2) is 4.31. The first kappa shape index (κ1) is 10.6. The highest BCUT2D eigenvalue weighted by molar-refractivity contribution is 4.89. The zero-order chi connectivity index (χ0) is 10.8. The molecule has 15 heavy (non-hydrogen) atoms. The van der Waals surface area contributed by atoms with Crippen LogP contribution in [-0.4, -0.2) is 20.8 Å². The molecule has 0 unspecified atom stereocenters. The van der Waals surface area contributed by atoms with Crippen LogP contribution in [0.1, 0.15) is 45.5 Å². The van der Waals surface area contributed by atoms with Gasteiger partial charge in [-0.2, -0.15) is 5.10 Å². The van der Waals surface area contributed by atoms with E-state index in [9.17, 15) is 0 Å². The lowest BCUT2D eigenvalue weighted by molar-refractivity contribution is 0.237. The minimum atomic E-state index is 0.393. The zero-order valence-electron chi connectivity index (χ0n) is 9.77. The Kier molecular flexibility index (Phi) is 3.05. The van der Waals surface area contributed by atoms with Crippen molar-refractivity contribution in [1.29, 1.82) is 0 Å². The largest absolute Gasteiger partial charge is 0.307 e. The molecule has 0 spiro atoms. The van der Waals surface area contributed by atoms with Gasteiger partial charge in [0.25, 0.3) is 0 Å². The van der Waals surface area contributed by atoms with Crippen LogP contribution >= 0.6 is 0 Å². The second-order valence-electron chi connectivity index (χ2n) is 4.87. The first-order valence-electron chi connectivity index (χ1n) is 5.78. The summed E-state index contributed by atoms with van der Waals surface area (Å²) in [7, 11) is 0. The maximum atomic E-state index is 4.28. The SMILES string of the molecule is CC1CC(NCc2ncnn2C(C)C)C1. The van der Waals surface area contributed by atoms with Crippen molar-refractivity contribution >= 4 is 0 Å². The zero-order valence-corrected chi connectivity index (χ0v) is 9.77. The maximum absolute atomic E-state index is 4.28. The van der Waals surface area contributed by atoms with E-state index in [0.29, 0.717) is 12.1 Å². The number of rotatable bonds is 4. The van der Waals surface area contributed by atoms with E-state index < -0.39 is 0 Å². The molecule has 0 radical (unpaired) electrons. The van der Waals surface area contributed by atoms with Gasteiger partial charge < -0.3 is 5.32 Å².